The fourth-order valence-corrected chi connectivity index (χ4v) is 5.94. The van der Waals surface area contributed by atoms with Crippen molar-refractivity contribution in [3.05, 3.63) is 118 Å². The Morgan fingerprint density at radius 3 is 2.09 bits per heavy atom. The first kappa shape index (κ1) is 20.9. The van der Waals surface area contributed by atoms with Crippen molar-refractivity contribution in [2.75, 3.05) is 4.90 Å². The molecule has 0 amide bonds. The van der Waals surface area contributed by atoms with Gasteiger partial charge in [-0.3, -0.25) is 9.59 Å². The minimum absolute atomic E-state index is 0.0524. The molecule has 0 saturated heterocycles. The van der Waals surface area contributed by atoms with E-state index in [2.05, 4.69) is 43.0 Å². The molecule has 0 fully saturated rings. The standard InChI is InChI=1S/C31H27NO2/c1-31(2)18-25-27(26(33)19-31)24(17-20-11-5-3-6-12-20)28-29(32(25)21-13-7-4-8-14-21)22-15-9-10-16-23(22)30(28)34/h3-16,24H,17-19H2,1-2H3. The number of ketones is 2. The Morgan fingerprint density at radius 2 is 1.38 bits per heavy atom. The first-order valence-electron chi connectivity index (χ1n) is 12.0. The summed E-state index contributed by atoms with van der Waals surface area (Å²) in [6, 6.07) is 28.3. The van der Waals surface area contributed by atoms with Crippen molar-refractivity contribution in [1.82, 2.24) is 0 Å². The van der Waals surface area contributed by atoms with E-state index in [4.69, 9.17) is 0 Å². The molecule has 3 aromatic rings. The molecule has 0 radical (unpaired) electrons. The van der Waals surface area contributed by atoms with Crippen LogP contribution in [0.3, 0.4) is 0 Å². The van der Waals surface area contributed by atoms with Crippen molar-refractivity contribution in [2.24, 2.45) is 11.3 Å². The van der Waals surface area contributed by atoms with Gasteiger partial charge in [-0.2, -0.15) is 0 Å². The van der Waals surface area contributed by atoms with Gasteiger partial charge in [-0.05, 0) is 36.0 Å². The lowest BCUT2D eigenvalue weighted by atomic mass is 9.68. The van der Waals surface area contributed by atoms with Crippen LogP contribution in [0.2, 0.25) is 0 Å². The Labute approximate surface area is 200 Å². The van der Waals surface area contributed by atoms with E-state index in [1.165, 1.54) is 0 Å². The summed E-state index contributed by atoms with van der Waals surface area (Å²) in [6.07, 6.45) is 1.94. The molecule has 2 aliphatic carbocycles. The minimum Gasteiger partial charge on any atom is -0.313 e. The van der Waals surface area contributed by atoms with E-state index in [1.807, 2.05) is 60.7 Å². The SMILES string of the molecule is CC1(C)CC(=O)C2=C(C1)N(c1ccccc1)C1=C(C(=O)c3ccccc31)C2Cc1ccccc1. The van der Waals surface area contributed by atoms with E-state index in [9.17, 15) is 9.59 Å². The smallest absolute Gasteiger partial charge is 0.192 e. The fourth-order valence-electron chi connectivity index (χ4n) is 5.94. The number of benzene rings is 3. The molecule has 1 atom stereocenters. The number of Topliss-reactive ketones (excluding diaryl/α,β-unsaturated/α-hetero) is 2. The van der Waals surface area contributed by atoms with E-state index in [0.717, 1.165) is 51.3 Å². The first-order valence-corrected chi connectivity index (χ1v) is 12.0. The zero-order chi connectivity index (χ0) is 23.4. The molecule has 34 heavy (non-hydrogen) atoms. The number of carbonyl (C=O) groups is 2. The highest BCUT2D eigenvalue weighted by Crippen LogP contribution is 2.54. The Kier molecular flexibility index (Phi) is 4.70. The van der Waals surface area contributed by atoms with E-state index in [1.54, 1.807) is 0 Å². The van der Waals surface area contributed by atoms with E-state index in [0.29, 0.717) is 12.8 Å². The Hall–Kier alpha value is -3.72. The number of anilines is 1. The molecule has 1 aliphatic heterocycles. The maximum Gasteiger partial charge on any atom is 0.192 e. The van der Waals surface area contributed by atoms with Crippen molar-refractivity contribution in [3.63, 3.8) is 0 Å². The summed E-state index contributed by atoms with van der Waals surface area (Å²) in [5.41, 5.74) is 7.29. The van der Waals surface area contributed by atoms with Gasteiger partial charge in [0, 0.05) is 46.0 Å². The van der Waals surface area contributed by atoms with Gasteiger partial charge in [0.25, 0.3) is 0 Å². The molecule has 0 saturated carbocycles. The Morgan fingerprint density at radius 1 is 0.765 bits per heavy atom. The molecule has 0 aromatic heterocycles. The second-order valence-corrected chi connectivity index (χ2v) is 10.4. The van der Waals surface area contributed by atoms with Crippen molar-refractivity contribution in [3.8, 4) is 0 Å². The predicted octanol–water partition coefficient (Wildman–Crippen LogP) is 6.62. The number of para-hydroxylation sites is 1. The number of carbonyl (C=O) groups excluding carboxylic acids is 2. The lowest BCUT2D eigenvalue weighted by molar-refractivity contribution is -0.118. The molecule has 168 valence electrons. The van der Waals surface area contributed by atoms with Gasteiger partial charge in [-0.25, -0.2) is 0 Å². The molecule has 1 unspecified atom stereocenters. The van der Waals surface area contributed by atoms with Crippen molar-refractivity contribution >= 4 is 23.0 Å². The highest BCUT2D eigenvalue weighted by atomic mass is 16.1. The van der Waals surface area contributed by atoms with Crippen molar-refractivity contribution < 1.29 is 9.59 Å². The molecule has 3 heteroatoms. The van der Waals surface area contributed by atoms with Gasteiger partial charge in [-0.1, -0.05) is 86.6 Å². The highest BCUT2D eigenvalue weighted by molar-refractivity contribution is 6.25. The summed E-state index contributed by atoms with van der Waals surface area (Å²) in [4.78, 5) is 29.9. The number of rotatable bonds is 3. The molecule has 0 N–H and O–H groups in total. The maximum atomic E-state index is 13.9. The zero-order valence-electron chi connectivity index (χ0n) is 19.5. The van der Waals surface area contributed by atoms with Crippen molar-refractivity contribution in [1.29, 1.82) is 0 Å². The largest absolute Gasteiger partial charge is 0.313 e. The van der Waals surface area contributed by atoms with Crippen LogP contribution in [0.1, 0.15) is 48.2 Å². The summed E-state index contributed by atoms with van der Waals surface area (Å²) in [7, 11) is 0. The molecule has 1 heterocycles. The lowest BCUT2D eigenvalue weighted by Gasteiger charge is -2.44. The van der Waals surface area contributed by atoms with E-state index in [-0.39, 0.29) is 22.9 Å². The fraction of sp³-hybridized carbons (Fsp3) is 0.226. The third-order valence-corrected chi connectivity index (χ3v) is 7.31. The molecular weight excluding hydrogens is 418 g/mol. The van der Waals surface area contributed by atoms with Gasteiger partial charge in [-0.15, -0.1) is 0 Å². The van der Waals surface area contributed by atoms with Gasteiger partial charge >= 0.3 is 0 Å². The molecule has 3 aliphatic rings. The lowest BCUT2D eigenvalue weighted by Crippen LogP contribution is -2.40. The van der Waals surface area contributed by atoms with Crippen LogP contribution in [-0.4, -0.2) is 11.6 Å². The van der Waals surface area contributed by atoms with Gasteiger partial charge in [0.2, 0.25) is 0 Å². The third kappa shape index (κ3) is 3.19. The van der Waals surface area contributed by atoms with Crippen LogP contribution < -0.4 is 4.90 Å². The third-order valence-electron chi connectivity index (χ3n) is 7.31. The van der Waals surface area contributed by atoms with Crippen LogP contribution in [0.5, 0.6) is 0 Å². The van der Waals surface area contributed by atoms with Crippen LogP contribution in [0.4, 0.5) is 5.69 Å². The monoisotopic (exact) mass is 445 g/mol. The first-order chi connectivity index (χ1) is 16.4. The quantitative estimate of drug-likeness (QED) is 0.455. The summed E-state index contributed by atoms with van der Waals surface area (Å²) in [6.45, 7) is 4.34. The predicted molar refractivity (Wildman–Crippen MR) is 135 cm³/mol. The van der Waals surface area contributed by atoms with Gasteiger partial charge < -0.3 is 4.90 Å². The molecule has 0 spiro atoms. The molecule has 3 nitrogen and oxygen atoms in total. The van der Waals surface area contributed by atoms with Crippen molar-refractivity contribution in [2.45, 2.75) is 33.1 Å². The topological polar surface area (TPSA) is 37.4 Å². The molecule has 0 bridgehead atoms. The average molecular weight is 446 g/mol. The second kappa shape index (κ2) is 7.66. The zero-order valence-corrected chi connectivity index (χ0v) is 19.5. The number of fused-ring (bicyclic) bond motifs is 2. The van der Waals surface area contributed by atoms with Gasteiger partial charge in [0.15, 0.2) is 11.6 Å². The summed E-state index contributed by atoms with van der Waals surface area (Å²) < 4.78 is 0. The maximum absolute atomic E-state index is 13.9. The van der Waals surface area contributed by atoms with Crippen LogP contribution in [0.25, 0.3) is 5.70 Å². The molecular formula is C31H27NO2. The van der Waals surface area contributed by atoms with Gasteiger partial charge in [0.1, 0.15) is 0 Å². The number of nitrogens with zero attached hydrogens (tertiary/aromatic N) is 1. The van der Waals surface area contributed by atoms with Crippen LogP contribution in [0.15, 0.2) is 102 Å². The molecule has 6 rings (SSSR count). The number of allylic oxidation sites excluding steroid dienone is 3. The summed E-state index contributed by atoms with van der Waals surface area (Å²) in [5.74, 6) is -0.0177. The molecule has 3 aromatic carbocycles. The van der Waals surface area contributed by atoms with Crippen LogP contribution >= 0.6 is 0 Å². The Bertz CT molecular complexity index is 1380. The highest BCUT2D eigenvalue weighted by Gasteiger charge is 2.48. The average Bonchev–Trinajstić information content (AvgIpc) is 3.12. The number of hydrogen-bond donors (Lipinski definition) is 0. The van der Waals surface area contributed by atoms with Crippen LogP contribution in [-0.2, 0) is 11.2 Å². The summed E-state index contributed by atoms with van der Waals surface area (Å²) >= 11 is 0. The van der Waals surface area contributed by atoms with Gasteiger partial charge in [0.05, 0.1) is 5.70 Å². The van der Waals surface area contributed by atoms with E-state index < -0.39 is 0 Å². The normalized spacial score (nSPS) is 20.9. The Balaban J connectivity index is 1.64. The van der Waals surface area contributed by atoms with E-state index >= 15 is 0 Å². The summed E-state index contributed by atoms with van der Waals surface area (Å²) in [5, 5.41) is 0. The van der Waals surface area contributed by atoms with Crippen LogP contribution in [0, 0.1) is 11.3 Å². The minimum atomic E-state index is -0.240. The second-order valence-electron chi connectivity index (χ2n) is 10.4. The number of hydrogen-bond acceptors (Lipinski definition) is 3.